The fourth-order valence-electron chi connectivity index (χ4n) is 3.35. The third-order valence-corrected chi connectivity index (χ3v) is 6.84. The second-order valence-electron chi connectivity index (χ2n) is 6.76. The summed E-state index contributed by atoms with van der Waals surface area (Å²) in [6, 6.07) is 9.27. The first-order chi connectivity index (χ1) is 13.9. The van der Waals surface area contributed by atoms with Crippen molar-refractivity contribution < 1.29 is 22.7 Å². The summed E-state index contributed by atoms with van der Waals surface area (Å²) in [4.78, 5) is 26.0. The smallest absolute Gasteiger partial charge is 0.250 e. The lowest BCUT2D eigenvalue weighted by molar-refractivity contribution is -0.133. The monoisotopic (exact) mass is 419 g/mol. The molecule has 1 aromatic carbocycles. The Kier molecular flexibility index (Phi) is 5.29. The van der Waals surface area contributed by atoms with Gasteiger partial charge in [0.1, 0.15) is 19.8 Å². The van der Waals surface area contributed by atoms with Crippen molar-refractivity contribution in [1.29, 1.82) is 0 Å². The molecule has 2 aliphatic rings. The maximum absolute atomic E-state index is 13.0. The second kappa shape index (κ2) is 7.88. The molecule has 1 aromatic heterocycles. The molecule has 1 amide bonds. The Balaban J connectivity index is 1.41. The van der Waals surface area contributed by atoms with Crippen LogP contribution >= 0.6 is 0 Å². The number of aromatic nitrogens is 1. The minimum Gasteiger partial charge on any atom is -0.486 e. The van der Waals surface area contributed by atoms with Crippen molar-refractivity contribution in [2.45, 2.75) is 11.4 Å². The van der Waals surface area contributed by atoms with Crippen molar-refractivity contribution in [3.8, 4) is 11.5 Å². The van der Waals surface area contributed by atoms with Crippen LogP contribution in [0.15, 0.2) is 52.3 Å². The van der Waals surface area contributed by atoms with Crippen LogP contribution < -0.4 is 15.0 Å². The first kappa shape index (κ1) is 19.5. The number of piperazine rings is 1. The van der Waals surface area contributed by atoms with Crippen molar-refractivity contribution in [1.82, 2.24) is 13.8 Å². The summed E-state index contributed by atoms with van der Waals surface area (Å²) in [7, 11) is -3.71. The van der Waals surface area contributed by atoms with Crippen LogP contribution in [0, 0.1) is 0 Å². The van der Waals surface area contributed by atoms with E-state index in [4.69, 9.17) is 9.47 Å². The second-order valence-corrected chi connectivity index (χ2v) is 8.70. The number of ether oxygens (including phenoxy) is 2. The Morgan fingerprint density at radius 2 is 1.69 bits per heavy atom. The molecule has 2 aliphatic heterocycles. The third kappa shape index (κ3) is 3.99. The van der Waals surface area contributed by atoms with Crippen molar-refractivity contribution in [3.05, 3.63) is 52.9 Å². The molecule has 4 rings (SSSR count). The highest BCUT2D eigenvalue weighted by Gasteiger charge is 2.31. The fraction of sp³-hybridized carbons (Fsp3) is 0.368. The molecule has 0 radical (unpaired) electrons. The number of pyridine rings is 1. The van der Waals surface area contributed by atoms with Crippen LogP contribution in [0.1, 0.15) is 0 Å². The molecule has 3 heterocycles. The molecular formula is C19H21N3O6S. The Labute approximate surface area is 168 Å². The maximum Gasteiger partial charge on any atom is 0.250 e. The van der Waals surface area contributed by atoms with E-state index >= 15 is 0 Å². The highest BCUT2D eigenvalue weighted by Crippen LogP contribution is 2.33. The zero-order valence-corrected chi connectivity index (χ0v) is 16.5. The number of fused-ring (bicyclic) bond motifs is 1. The summed E-state index contributed by atoms with van der Waals surface area (Å²) in [6.07, 6.45) is 1.56. The Morgan fingerprint density at radius 3 is 2.41 bits per heavy atom. The lowest BCUT2D eigenvalue weighted by atomic mass is 10.3. The van der Waals surface area contributed by atoms with Gasteiger partial charge in [-0.1, -0.05) is 6.07 Å². The summed E-state index contributed by atoms with van der Waals surface area (Å²) in [5.41, 5.74) is -0.249. The molecule has 1 fully saturated rings. The van der Waals surface area contributed by atoms with Crippen LogP contribution in [0.2, 0.25) is 0 Å². The summed E-state index contributed by atoms with van der Waals surface area (Å²) < 4.78 is 39.5. The number of benzene rings is 1. The van der Waals surface area contributed by atoms with Crippen LogP contribution in [0.25, 0.3) is 0 Å². The van der Waals surface area contributed by atoms with Crippen molar-refractivity contribution in [2.75, 3.05) is 39.4 Å². The number of carbonyl (C=O) groups is 1. The van der Waals surface area contributed by atoms with Gasteiger partial charge in [0, 0.05) is 44.5 Å². The molecule has 154 valence electrons. The van der Waals surface area contributed by atoms with E-state index in [1.807, 2.05) is 0 Å². The molecule has 0 saturated carbocycles. The summed E-state index contributed by atoms with van der Waals surface area (Å²) in [5, 5.41) is 0. The number of hydrogen-bond donors (Lipinski definition) is 0. The number of rotatable bonds is 4. The van der Waals surface area contributed by atoms with Gasteiger partial charge >= 0.3 is 0 Å². The van der Waals surface area contributed by atoms with E-state index < -0.39 is 10.0 Å². The fourth-order valence-corrected chi connectivity index (χ4v) is 4.79. The predicted octanol–water partition coefficient (Wildman–Crippen LogP) is 0.153. The van der Waals surface area contributed by atoms with Gasteiger partial charge in [0.25, 0.3) is 5.56 Å². The van der Waals surface area contributed by atoms with E-state index in [1.165, 1.54) is 27.1 Å². The van der Waals surface area contributed by atoms with Crippen LogP contribution in [0.5, 0.6) is 11.5 Å². The maximum atomic E-state index is 13.0. The largest absolute Gasteiger partial charge is 0.486 e. The van der Waals surface area contributed by atoms with Crippen molar-refractivity contribution in [2.24, 2.45) is 0 Å². The van der Waals surface area contributed by atoms with Gasteiger partial charge in [-0.05, 0) is 18.2 Å². The molecule has 1 saturated heterocycles. The van der Waals surface area contributed by atoms with Crippen LogP contribution in [-0.4, -0.2) is 67.5 Å². The molecule has 9 nitrogen and oxygen atoms in total. The molecule has 0 N–H and O–H groups in total. The minimum atomic E-state index is -3.71. The third-order valence-electron chi connectivity index (χ3n) is 4.95. The zero-order valence-electron chi connectivity index (χ0n) is 15.7. The number of sulfonamides is 1. The Hall–Kier alpha value is -2.85. The van der Waals surface area contributed by atoms with E-state index in [1.54, 1.807) is 29.3 Å². The molecule has 2 aromatic rings. The summed E-state index contributed by atoms with van der Waals surface area (Å²) in [6.45, 7) is 1.66. The Morgan fingerprint density at radius 1 is 0.966 bits per heavy atom. The number of nitrogens with zero attached hydrogens (tertiary/aromatic N) is 3. The summed E-state index contributed by atoms with van der Waals surface area (Å²) >= 11 is 0. The average molecular weight is 419 g/mol. The van der Waals surface area contributed by atoms with Gasteiger partial charge in [-0.2, -0.15) is 4.31 Å². The lowest BCUT2D eigenvalue weighted by Gasteiger charge is -2.34. The molecule has 0 aliphatic carbocycles. The van der Waals surface area contributed by atoms with Crippen molar-refractivity contribution in [3.63, 3.8) is 0 Å². The van der Waals surface area contributed by atoms with E-state index in [9.17, 15) is 18.0 Å². The van der Waals surface area contributed by atoms with Gasteiger partial charge in [-0.25, -0.2) is 8.42 Å². The van der Waals surface area contributed by atoms with Gasteiger partial charge in [-0.15, -0.1) is 0 Å². The van der Waals surface area contributed by atoms with Gasteiger partial charge < -0.3 is 18.9 Å². The normalized spacial score (nSPS) is 17.2. The topological polar surface area (TPSA) is 98.2 Å². The van der Waals surface area contributed by atoms with Gasteiger partial charge in [0.15, 0.2) is 11.5 Å². The predicted molar refractivity (Wildman–Crippen MR) is 103 cm³/mol. The van der Waals surface area contributed by atoms with Crippen LogP contribution in [0.4, 0.5) is 0 Å². The minimum absolute atomic E-state index is 0.0609. The van der Waals surface area contributed by atoms with Crippen molar-refractivity contribution >= 4 is 15.9 Å². The lowest BCUT2D eigenvalue weighted by Crippen LogP contribution is -2.51. The van der Waals surface area contributed by atoms with Crippen LogP contribution in [0.3, 0.4) is 0 Å². The van der Waals surface area contributed by atoms with E-state index in [2.05, 4.69) is 0 Å². The molecule has 0 unspecified atom stereocenters. The molecule has 0 atom stereocenters. The van der Waals surface area contributed by atoms with E-state index in [-0.39, 0.29) is 49.1 Å². The highest BCUT2D eigenvalue weighted by molar-refractivity contribution is 7.89. The standard InChI is InChI=1S/C19H21N3O6S/c23-18-3-1-2-6-21(18)14-19(24)20-7-9-22(10-8-20)29(25,26)15-4-5-16-17(13-15)28-12-11-27-16/h1-6,13H,7-12,14H2. The highest BCUT2D eigenvalue weighted by atomic mass is 32.2. The zero-order chi connectivity index (χ0) is 20.4. The quantitative estimate of drug-likeness (QED) is 0.700. The average Bonchev–Trinajstić information content (AvgIpc) is 2.75. The SMILES string of the molecule is O=C(Cn1ccccc1=O)N1CCN(S(=O)(=O)c2ccc3c(c2)OCCO3)CC1. The first-order valence-corrected chi connectivity index (χ1v) is 10.7. The molecule has 29 heavy (non-hydrogen) atoms. The van der Waals surface area contributed by atoms with Crippen LogP contribution in [-0.2, 0) is 21.4 Å². The Bertz CT molecular complexity index is 1070. The number of hydrogen-bond acceptors (Lipinski definition) is 6. The molecule has 10 heteroatoms. The summed E-state index contributed by atoms with van der Waals surface area (Å²) in [5.74, 6) is 0.732. The van der Waals surface area contributed by atoms with E-state index in [0.717, 1.165) is 0 Å². The molecule has 0 bridgehead atoms. The molecular weight excluding hydrogens is 398 g/mol. The molecule has 0 spiro atoms. The van der Waals surface area contributed by atoms with Gasteiger partial charge in [0.2, 0.25) is 15.9 Å². The van der Waals surface area contributed by atoms with Gasteiger partial charge in [0.05, 0.1) is 4.90 Å². The number of amides is 1. The number of carbonyl (C=O) groups excluding carboxylic acids is 1. The van der Waals surface area contributed by atoms with E-state index in [0.29, 0.717) is 24.7 Å². The van der Waals surface area contributed by atoms with Gasteiger partial charge in [-0.3, -0.25) is 9.59 Å². The first-order valence-electron chi connectivity index (χ1n) is 9.28.